The van der Waals surface area contributed by atoms with Gasteiger partial charge < -0.3 is 11.5 Å². The fraction of sp³-hybridized carbons (Fsp3) is 0. The van der Waals surface area contributed by atoms with Gasteiger partial charge in [0.2, 0.25) is 0 Å². The Morgan fingerprint density at radius 3 is 2.33 bits per heavy atom. The second-order valence-electron chi connectivity index (χ2n) is 2.04. The molecule has 1 aromatic carbocycles. The zero-order valence-corrected chi connectivity index (χ0v) is 6.88. The van der Waals surface area contributed by atoms with Gasteiger partial charge in [0.05, 0.1) is 10.6 Å². The number of hydrogen-bond acceptors (Lipinski definition) is 4. The van der Waals surface area contributed by atoms with E-state index in [-0.39, 0.29) is 29.5 Å². The molecule has 1 aromatic rings. The number of nitrogen functional groups attached to an aromatic ring is 2. The molecule has 4 N–H and O–H groups in total. The average Bonchev–Trinajstić information content (AvgIpc) is 1.94. The number of halogens is 1. The van der Waals surface area contributed by atoms with E-state index in [1.165, 1.54) is 18.2 Å². The molecule has 0 aliphatic rings. The summed E-state index contributed by atoms with van der Waals surface area (Å²) in [6.07, 6.45) is 0. The second-order valence-corrected chi connectivity index (χ2v) is 2.04. The minimum absolute atomic E-state index is 0. The number of nitro benzene ring substituents is 1. The molecule has 0 bridgehead atoms. The van der Waals surface area contributed by atoms with Gasteiger partial charge in [0.1, 0.15) is 5.69 Å². The summed E-state index contributed by atoms with van der Waals surface area (Å²) >= 11 is 0. The number of hydrogen-bond donors (Lipinski definition) is 2. The number of nitro groups is 1. The predicted molar refractivity (Wildman–Crippen MR) is 49.2 cm³/mol. The molecule has 0 unspecified atom stereocenters. The summed E-state index contributed by atoms with van der Waals surface area (Å²) in [5, 5.41) is 10.2. The van der Waals surface area contributed by atoms with Crippen LogP contribution in [0.5, 0.6) is 0 Å². The highest BCUT2D eigenvalue weighted by atomic mass is 35.5. The minimum Gasteiger partial charge on any atom is -0.397 e. The lowest BCUT2D eigenvalue weighted by Gasteiger charge is -1.98. The van der Waals surface area contributed by atoms with Crippen molar-refractivity contribution in [3.05, 3.63) is 28.3 Å². The number of benzene rings is 1. The highest BCUT2D eigenvalue weighted by Crippen LogP contribution is 2.25. The van der Waals surface area contributed by atoms with Crippen molar-refractivity contribution < 1.29 is 4.92 Å². The van der Waals surface area contributed by atoms with Crippen molar-refractivity contribution in [2.75, 3.05) is 11.5 Å². The predicted octanol–water partition coefficient (Wildman–Crippen LogP) is 1.18. The molecule has 66 valence electrons. The zero-order valence-electron chi connectivity index (χ0n) is 6.06. The highest BCUT2D eigenvalue weighted by Gasteiger charge is 2.11. The van der Waals surface area contributed by atoms with Crippen LogP contribution < -0.4 is 11.5 Å². The Morgan fingerprint density at radius 1 is 1.33 bits per heavy atom. The summed E-state index contributed by atoms with van der Waals surface area (Å²) in [5.41, 5.74) is 10.8. The van der Waals surface area contributed by atoms with Gasteiger partial charge in [-0.3, -0.25) is 10.1 Å². The summed E-state index contributed by atoms with van der Waals surface area (Å²) in [6, 6.07) is 4.32. The third kappa shape index (κ3) is 1.76. The van der Waals surface area contributed by atoms with Crippen LogP contribution in [-0.2, 0) is 0 Å². The molecule has 0 radical (unpaired) electrons. The smallest absolute Gasteiger partial charge is 0.294 e. The monoisotopic (exact) mass is 189 g/mol. The standard InChI is InChI=1S/C6H7N3O2.ClH/c7-4-2-1-3-5(6(4)8)9(10)11;/h1-3H,7-8H2;1H. The first-order valence-electron chi connectivity index (χ1n) is 2.91. The van der Waals surface area contributed by atoms with Gasteiger partial charge >= 0.3 is 0 Å². The van der Waals surface area contributed by atoms with Crippen molar-refractivity contribution >= 4 is 29.5 Å². The summed E-state index contributed by atoms with van der Waals surface area (Å²) in [6.45, 7) is 0. The van der Waals surface area contributed by atoms with Crippen LogP contribution in [0.3, 0.4) is 0 Å². The number of para-hydroxylation sites is 1. The number of nitrogens with two attached hydrogens (primary N) is 2. The van der Waals surface area contributed by atoms with Crippen molar-refractivity contribution in [2.24, 2.45) is 0 Å². The van der Waals surface area contributed by atoms with Crippen LogP contribution in [0.2, 0.25) is 0 Å². The Balaban J connectivity index is 0.00000121. The van der Waals surface area contributed by atoms with Crippen LogP contribution in [0.25, 0.3) is 0 Å². The molecular weight excluding hydrogens is 182 g/mol. The molecule has 0 aliphatic carbocycles. The zero-order chi connectivity index (χ0) is 8.43. The minimum atomic E-state index is -0.564. The summed E-state index contributed by atoms with van der Waals surface area (Å²) < 4.78 is 0. The van der Waals surface area contributed by atoms with Crippen LogP contribution >= 0.6 is 12.4 Å². The number of nitrogens with zero attached hydrogens (tertiary/aromatic N) is 1. The molecule has 1 rings (SSSR count). The second kappa shape index (κ2) is 3.77. The third-order valence-corrected chi connectivity index (χ3v) is 1.31. The normalized spacial score (nSPS) is 8.67. The van der Waals surface area contributed by atoms with E-state index in [0.717, 1.165) is 0 Å². The lowest BCUT2D eigenvalue weighted by atomic mass is 10.2. The van der Waals surface area contributed by atoms with E-state index < -0.39 is 4.92 Å². The van der Waals surface area contributed by atoms with Gasteiger partial charge in [-0.15, -0.1) is 12.4 Å². The van der Waals surface area contributed by atoms with Gasteiger partial charge in [-0.2, -0.15) is 0 Å². The lowest BCUT2D eigenvalue weighted by Crippen LogP contribution is -1.99. The first-order valence-corrected chi connectivity index (χ1v) is 2.91. The third-order valence-electron chi connectivity index (χ3n) is 1.31. The van der Waals surface area contributed by atoms with Crippen molar-refractivity contribution in [2.45, 2.75) is 0 Å². The Hall–Kier alpha value is -1.49. The SMILES string of the molecule is Cl.Nc1cccc([N+](=O)[O-])c1N. The van der Waals surface area contributed by atoms with E-state index in [4.69, 9.17) is 11.5 Å². The van der Waals surface area contributed by atoms with Crippen molar-refractivity contribution in [1.82, 2.24) is 0 Å². The Kier molecular flexibility index (Phi) is 3.30. The molecule has 0 saturated heterocycles. The van der Waals surface area contributed by atoms with Gasteiger partial charge in [0.25, 0.3) is 5.69 Å². The topological polar surface area (TPSA) is 95.2 Å². The fourth-order valence-electron chi connectivity index (χ4n) is 0.730. The lowest BCUT2D eigenvalue weighted by molar-refractivity contribution is -0.383. The largest absolute Gasteiger partial charge is 0.397 e. The molecule has 5 nitrogen and oxygen atoms in total. The maximum absolute atomic E-state index is 10.2. The number of rotatable bonds is 1. The first kappa shape index (κ1) is 10.5. The summed E-state index contributed by atoms with van der Waals surface area (Å²) in [5.74, 6) is 0. The van der Waals surface area contributed by atoms with E-state index >= 15 is 0 Å². The molecule has 0 saturated carbocycles. The van der Waals surface area contributed by atoms with Gasteiger partial charge in [-0.25, -0.2) is 0 Å². The molecule has 0 amide bonds. The van der Waals surface area contributed by atoms with Gasteiger partial charge in [-0.05, 0) is 6.07 Å². The van der Waals surface area contributed by atoms with Gasteiger partial charge in [0.15, 0.2) is 0 Å². The molecule has 0 aromatic heterocycles. The van der Waals surface area contributed by atoms with Crippen molar-refractivity contribution in [3.8, 4) is 0 Å². The summed E-state index contributed by atoms with van der Waals surface area (Å²) in [7, 11) is 0. The van der Waals surface area contributed by atoms with Gasteiger partial charge in [-0.1, -0.05) is 6.07 Å². The van der Waals surface area contributed by atoms with E-state index in [1.54, 1.807) is 0 Å². The molecule has 6 heteroatoms. The molecule has 0 aliphatic heterocycles. The van der Waals surface area contributed by atoms with E-state index in [0.29, 0.717) is 0 Å². The fourth-order valence-corrected chi connectivity index (χ4v) is 0.730. The molecular formula is C6H8ClN3O2. The van der Waals surface area contributed by atoms with Crippen LogP contribution in [-0.4, -0.2) is 4.92 Å². The van der Waals surface area contributed by atoms with E-state index in [1.807, 2.05) is 0 Å². The Bertz CT molecular complexity index is 303. The number of anilines is 2. The average molecular weight is 190 g/mol. The Morgan fingerprint density at radius 2 is 1.92 bits per heavy atom. The van der Waals surface area contributed by atoms with Gasteiger partial charge in [0, 0.05) is 6.07 Å². The van der Waals surface area contributed by atoms with Crippen LogP contribution in [0.4, 0.5) is 17.1 Å². The maximum Gasteiger partial charge on any atom is 0.294 e. The van der Waals surface area contributed by atoms with E-state index in [9.17, 15) is 10.1 Å². The molecule has 0 heterocycles. The van der Waals surface area contributed by atoms with Crippen LogP contribution in [0.15, 0.2) is 18.2 Å². The molecule has 0 atom stereocenters. The van der Waals surface area contributed by atoms with Crippen LogP contribution in [0.1, 0.15) is 0 Å². The first-order chi connectivity index (χ1) is 5.13. The molecule has 12 heavy (non-hydrogen) atoms. The quantitative estimate of drug-likeness (QED) is 0.394. The van der Waals surface area contributed by atoms with Crippen molar-refractivity contribution in [1.29, 1.82) is 0 Å². The Labute approximate surface area is 74.9 Å². The highest BCUT2D eigenvalue weighted by molar-refractivity contribution is 5.85. The summed E-state index contributed by atoms with van der Waals surface area (Å²) in [4.78, 5) is 9.68. The van der Waals surface area contributed by atoms with E-state index in [2.05, 4.69) is 0 Å². The van der Waals surface area contributed by atoms with Crippen molar-refractivity contribution in [3.63, 3.8) is 0 Å². The maximum atomic E-state index is 10.2. The molecule has 0 spiro atoms. The molecule has 0 fully saturated rings. The van der Waals surface area contributed by atoms with Crippen LogP contribution in [0, 0.1) is 10.1 Å².